The molecule has 0 radical (unpaired) electrons. The van der Waals surface area contributed by atoms with Crippen LogP contribution in [-0.4, -0.2) is 25.5 Å². The first-order valence-corrected chi connectivity index (χ1v) is 7.96. The Morgan fingerprint density at radius 2 is 1.41 bits per heavy atom. The van der Waals surface area contributed by atoms with Crippen molar-refractivity contribution in [2.75, 3.05) is 20.6 Å². The first-order chi connectivity index (χ1) is 10.2. The van der Waals surface area contributed by atoms with E-state index in [0.29, 0.717) is 0 Å². The molecule has 1 unspecified atom stereocenters. The molecule has 2 aromatic carbocycles. The topological polar surface area (TPSA) is 3.24 Å². The summed E-state index contributed by atoms with van der Waals surface area (Å²) >= 11 is 0. The van der Waals surface area contributed by atoms with Crippen molar-refractivity contribution in [3.63, 3.8) is 0 Å². The molecule has 0 saturated heterocycles. The summed E-state index contributed by atoms with van der Waals surface area (Å²) in [6, 6.07) is 22.2. The summed E-state index contributed by atoms with van der Waals surface area (Å²) in [5, 5.41) is 0. The van der Waals surface area contributed by atoms with Crippen LogP contribution in [0.2, 0.25) is 0 Å². The predicted molar refractivity (Wildman–Crippen MR) is 96.8 cm³/mol. The lowest BCUT2D eigenvalue weighted by molar-refractivity contribution is 0.320. The van der Waals surface area contributed by atoms with Crippen molar-refractivity contribution in [3.05, 3.63) is 71.8 Å². The predicted octanol–water partition coefficient (Wildman–Crippen LogP) is 4.76. The Hall–Kier alpha value is -1.31. The minimum atomic E-state index is 0. The van der Waals surface area contributed by atoms with Crippen LogP contribution in [0.1, 0.15) is 30.4 Å². The van der Waals surface area contributed by atoms with Crippen LogP contribution in [-0.2, 0) is 5.41 Å². The van der Waals surface area contributed by atoms with Gasteiger partial charge in [0, 0.05) is 12.0 Å². The van der Waals surface area contributed by atoms with Crippen LogP contribution in [0.3, 0.4) is 0 Å². The van der Waals surface area contributed by atoms with Gasteiger partial charge in [0.1, 0.15) is 0 Å². The lowest BCUT2D eigenvalue weighted by atomic mass is 9.72. The number of hydrogen-bond acceptors (Lipinski definition) is 1. The Kier molecular flexibility index (Phi) is 5.66. The molecule has 0 aromatic heterocycles. The van der Waals surface area contributed by atoms with Gasteiger partial charge in [0.2, 0.25) is 0 Å². The molecule has 0 bridgehead atoms. The largest absolute Gasteiger partial charge is 0.309 e. The second-order valence-corrected chi connectivity index (χ2v) is 6.69. The normalized spacial score (nSPS) is 19.9. The third kappa shape index (κ3) is 3.37. The minimum Gasteiger partial charge on any atom is -0.309 e. The molecule has 1 fully saturated rings. The maximum Gasteiger partial charge on any atom is 0.0206 e. The molecular formula is C20H26ClN. The maximum atomic E-state index is 2.33. The Morgan fingerprint density at radius 3 is 1.86 bits per heavy atom. The van der Waals surface area contributed by atoms with Crippen molar-refractivity contribution in [2.24, 2.45) is 5.92 Å². The summed E-state index contributed by atoms with van der Waals surface area (Å²) in [5.74, 6) is 0.792. The van der Waals surface area contributed by atoms with E-state index in [-0.39, 0.29) is 17.8 Å². The molecule has 1 nitrogen and oxygen atoms in total. The molecule has 2 heteroatoms. The van der Waals surface area contributed by atoms with E-state index in [2.05, 4.69) is 79.7 Å². The molecule has 1 aliphatic carbocycles. The van der Waals surface area contributed by atoms with E-state index >= 15 is 0 Å². The second-order valence-electron chi connectivity index (χ2n) is 6.69. The Labute approximate surface area is 140 Å². The van der Waals surface area contributed by atoms with Crippen LogP contribution in [0.4, 0.5) is 0 Å². The zero-order valence-electron chi connectivity index (χ0n) is 13.5. The van der Waals surface area contributed by atoms with Gasteiger partial charge in [-0.05, 0) is 50.4 Å². The quantitative estimate of drug-likeness (QED) is 0.786. The number of hydrogen-bond donors (Lipinski definition) is 0. The van der Waals surface area contributed by atoms with Crippen molar-refractivity contribution >= 4 is 12.4 Å². The number of nitrogens with zero attached hydrogens (tertiary/aromatic N) is 1. The molecule has 22 heavy (non-hydrogen) atoms. The van der Waals surface area contributed by atoms with E-state index < -0.39 is 0 Å². The molecular weight excluding hydrogens is 290 g/mol. The monoisotopic (exact) mass is 315 g/mol. The zero-order valence-corrected chi connectivity index (χ0v) is 14.4. The highest BCUT2D eigenvalue weighted by molar-refractivity contribution is 5.85. The fourth-order valence-electron chi connectivity index (χ4n) is 4.03. The Balaban J connectivity index is 0.00000176. The van der Waals surface area contributed by atoms with Crippen molar-refractivity contribution in [1.82, 2.24) is 4.90 Å². The first-order valence-electron chi connectivity index (χ1n) is 7.96. The lowest BCUT2D eigenvalue weighted by Crippen LogP contribution is -2.26. The fraction of sp³-hybridized carbons (Fsp3) is 0.400. The second kappa shape index (κ2) is 7.30. The van der Waals surface area contributed by atoms with Gasteiger partial charge in [0.15, 0.2) is 0 Å². The molecule has 0 amide bonds. The van der Waals surface area contributed by atoms with E-state index in [1.165, 1.54) is 36.9 Å². The molecule has 1 aliphatic rings. The standard InChI is InChI=1S/C20H25N.ClH/c1-21(2)16-17-13-14-20(15-17,18-9-5-3-6-10-18)19-11-7-4-8-12-19;/h3-12,17H,13-16H2,1-2H3;1H. The highest BCUT2D eigenvalue weighted by Gasteiger charge is 2.41. The van der Waals surface area contributed by atoms with Gasteiger partial charge in [-0.2, -0.15) is 0 Å². The van der Waals surface area contributed by atoms with Gasteiger partial charge in [0.25, 0.3) is 0 Å². The van der Waals surface area contributed by atoms with Crippen molar-refractivity contribution < 1.29 is 0 Å². The number of rotatable bonds is 4. The molecule has 2 aromatic rings. The van der Waals surface area contributed by atoms with E-state index in [4.69, 9.17) is 0 Å². The van der Waals surface area contributed by atoms with Crippen LogP contribution in [0.15, 0.2) is 60.7 Å². The van der Waals surface area contributed by atoms with Crippen LogP contribution in [0.5, 0.6) is 0 Å². The van der Waals surface area contributed by atoms with E-state index in [1.807, 2.05) is 0 Å². The van der Waals surface area contributed by atoms with Crippen molar-refractivity contribution in [2.45, 2.75) is 24.7 Å². The van der Waals surface area contributed by atoms with Gasteiger partial charge in [-0.1, -0.05) is 60.7 Å². The highest BCUT2D eigenvalue weighted by atomic mass is 35.5. The van der Waals surface area contributed by atoms with Crippen LogP contribution in [0.25, 0.3) is 0 Å². The third-order valence-electron chi connectivity index (χ3n) is 4.89. The molecule has 1 atom stereocenters. The van der Waals surface area contributed by atoms with Crippen LogP contribution >= 0.6 is 12.4 Å². The molecule has 0 N–H and O–H groups in total. The molecule has 0 spiro atoms. The summed E-state index contributed by atoms with van der Waals surface area (Å²) in [4.78, 5) is 2.33. The Morgan fingerprint density at radius 1 is 0.909 bits per heavy atom. The van der Waals surface area contributed by atoms with E-state index in [1.54, 1.807) is 0 Å². The van der Waals surface area contributed by atoms with Gasteiger partial charge in [-0.3, -0.25) is 0 Å². The smallest absolute Gasteiger partial charge is 0.0206 e. The minimum absolute atomic E-state index is 0. The summed E-state index contributed by atoms with van der Waals surface area (Å²) < 4.78 is 0. The molecule has 0 heterocycles. The summed E-state index contributed by atoms with van der Waals surface area (Å²) in [7, 11) is 4.37. The summed E-state index contributed by atoms with van der Waals surface area (Å²) in [6.45, 7) is 1.20. The SMILES string of the molecule is CN(C)CC1CCC(c2ccccc2)(c2ccccc2)C1.Cl. The Bertz CT molecular complexity index is 525. The zero-order chi connectivity index (χ0) is 14.7. The fourth-order valence-corrected chi connectivity index (χ4v) is 4.03. The molecule has 0 aliphatic heterocycles. The van der Waals surface area contributed by atoms with Crippen molar-refractivity contribution in [3.8, 4) is 0 Å². The first kappa shape index (κ1) is 17.1. The van der Waals surface area contributed by atoms with Gasteiger partial charge in [0.05, 0.1) is 0 Å². The third-order valence-corrected chi connectivity index (χ3v) is 4.89. The average molecular weight is 316 g/mol. The lowest BCUT2D eigenvalue weighted by Gasteiger charge is -2.31. The van der Waals surface area contributed by atoms with Crippen LogP contribution in [0, 0.1) is 5.92 Å². The average Bonchev–Trinajstić information content (AvgIpc) is 2.93. The van der Waals surface area contributed by atoms with E-state index in [0.717, 1.165) is 5.92 Å². The van der Waals surface area contributed by atoms with Gasteiger partial charge in [-0.25, -0.2) is 0 Å². The van der Waals surface area contributed by atoms with Crippen molar-refractivity contribution in [1.29, 1.82) is 0 Å². The number of halogens is 1. The van der Waals surface area contributed by atoms with Gasteiger partial charge < -0.3 is 4.90 Å². The van der Waals surface area contributed by atoms with Gasteiger partial charge >= 0.3 is 0 Å². The molecule has 1 saturated carbocycles. The van der Waals surface area contributed by atoms with E-state index in [9.17, 15) is 0 Å². The van der Waals surface area contributed by atoms with Gasteiger partial charge in [-0.15, -0.1) is 12.4 Å². The molecule has 118 valence electrons. The summed E-state index contributed by atoms with van der Waals surface area (Å²) in [6.07, 6.45) is 3.85. The molecule has 3 rings (SSSR count). The number of benzene rings is 2. The highest BCUT2D eigenvalue weighted by Crippen LogP contribution is 2.48. The maximum absolute atomic E-state index is 2.33. The van der Waals surface area contributed by atoms with Crippen LogP contribution < -0.4 is 0 Å². The summed E-state index contributed by atoms with van der Waals surface area (Å²) in [5.41, 5.74) is 3.18.